The van der Waals surface area contributed by atoms with E-state index in [4.69, 9.17) is 0 Å². The van der Waals surface area contributed by atoms with Crippen LogP contribution in [0.3, 0.4) is 0 Å². The van der Waals surface area contributed by atoms with Crippen molar-refractivity contribution < 1.29 is 4.39 Å². The van der Waals surface area contributed by atoms with Crippen molar-refractivity contribution in [1.29, 1.82) is 0 Å². The van der Waals surface area contributed by atoms with E-state index >= 15 is 0 Å². The second-order valence-electron chi connectivity index (χ2n) is 3.96. The summed E-state index contributed by atoms with van der Waals surface area (Å²) >= 11 is 5.03. The van der Waals surface area contributed by atoms with Gasteiger partial charge in [-0.3, -0.25) is 4.90 Å². The zero-order valence-electron chi connectivity index (χ0n) is 9.49. The highest BCUT2D eigenvalue weighted by Crippen LogP contribution is 2.22. The van der Waals surface area contributed by atoms with Crippen LogP contribution in [-0.4, -0.2) is 11.9 Å². The first kappa shape index (κ1) is 12.7. The summed E-state index contributed by atoms with van der Waals surface area (Å²) in [6, 6.07) is 9.31. The number of thiophene rings is 1. The van der Waals surface area contributed by atoms with E-state index in [1.54, 1.807) is 17.4 Å². The van der Waals surface area contributed by atoms with E-state index in [1.165, 1.54) is 10.9 Å². The van der Waals surface area contributed by atoms with Crippen LogP contribution in [0.25, 0.3) is 0 Å². The zero-order valence-corrected chi connectivity index (χ0v) is 11.9. The van der Waals surface area contributed by atoms with Gasteiger partial charge in [-0.25, -0.2) is 4.39 Å². The molecule has 1 nitrogen and oxygen atoms in total. The Morgan fingerprint density at radius 1 is 1.24 bits per heavy atom. The molecule has 1 aromatic carbocycles. The zero-order chi connectivity index (χ0) is 12.3. The lowest BCUT2D eigenvalue weighted by Crippen LogP contribution is -2.17. The van der Waals surface area contributed by atoms with E-state index in [1.807, 2.05) is 19.2 Å². The molecule has 0 N–H and O–H groups in total. The Balaban J connectivity index is 2.03. The fourth-order valence-electron chi connectivity index (χ4n) is 1.69. The Hall–Kier alpha value is -0.710. The maximum absolute atomic E-state index is 13.3. The molecular formula is C13H13BrFNS. The molecular weight excluding hydrogens is 301 g/mol. The summed E-state index contributed by atoms with van der Waals surface area (Å²) < 4.78 is 13.9. The van der Waals surface area contributed by atoms with E-state index in [9.17, 15) is 4.39 Å². The summed E-state index contributed by atoms with van der Waals surface area (Å²) in [5, 5.41) is 2.07. The standard InChI is InChI=1S/C13H13BrFNS/c1-16(9-11-5-3-7-17-11)8-10-4-2-6-12(15)13(10)14/h2-7H,8-9H2,1H3. The molecule has 0 aliphatic heterocycles. The quantitative estimate of drug-likeness (QED) is 0.814. The normalized spacial score (nSPS) is 11.1. The third-order valence-electron chi connectivity index (χ3n) is 2.48. The van der Waals surface area contributed by atoms with Gasteiger partial charge in [-0.05, 0) is 46.1 Å². The molecule has 17 heavy (non-hydrogen) atoms. The summed E-state index contributed by atoms with van der Waals surface area (Å²) in [5.41, 5.74) is 0.976. The molecule has 0 aliphatic rings. The van der Waals surface area contributed by atoms with Gasteiger partial charge in [0.1, 0.15) is 5.82 Å². The van der Waals surface area contributed by atoms with Gasteiger partial charge in [0.25, 0.3) is 0 Å². The molecule has 0 atom stereocenters. The Morgan fingerprint density at radius 2 is 2.06 bits per heavy atom. The monoisotopic (exact) mass is 313 g/mol. The van der Waals surface area contributed by atoms with Crippen molar-refractivity contribution in [2.24, 2.45) is 0 Å². The molecule has 0 unspecified atom stereocenters. The first-order valence-corrected chi connectivity index (χ1v) is 6.98. The Kier molecular flexibility index (Phi) is 4.31. The van der Waals surface area contributed by atoms with E-state index in [-0.39, 0.29) is 5.82 Å². The molecule has 0 radical (unpaired) electrons. The van der Waals surface area contributed by atoms with Crippen LogP contribution in [0.15, 0.2) is 40.2 Å². The van der Waals surface area contributed by atoms with E-state index in [0.29, 0.717) is 4.47 Å². The number of benzene rings is 1. The molecule has 0 aliphatic carbocycles. The largest absolute Gasteiger partial charge is 0.297 e. The smallest absolute Gasteiger partial charge is 0.137 e. The Bertz CT molecular complexity index is 484. The van der Waals surface area contributed by atoms with Gasteiger partial charge in [-0.15, -0.1) is 11.3 Å². The van der Waals surface area contributed by atoms with Crippen LogP contribution in [0.5, 0.6) is 0 Å². The maximum Gasteiger partial charge on any atom is 0.137 e. The molecule has 0 bridgehead atoms. The van der Waals surface area contributed by atoms with Crippen LogP contribution in [0.1, 0.15) is 10.4 Å². The van der Waals surface area contributed by atoms with Crippen molar-refractivity contribution in [2.45, 2.75) is 13.1 Å². The van der Waals surface area contributed by atoms with Crippen molar-refractivity contribution >= 4 is 27.3 Å². The van der Waals surface area contributed by atoms with Gasteiger partial charge >= 0.3 is 0 Å². The minimum Gasteiger partial charge on any atom is -0.297 e. The summed E-state index contributed by atoms with van der Waals surface area (Å²) in [4.78, 5) is 3.49. The molecule has 0 amide bonds. The van der Waals surface area contributed by atoms with E-state index in [0.717, 1.165) is 18.7 Å². The van der Waals surface area contributed by atoms with E-state index < -0.39 is 0 Å². The van der Waals surface area contributed by atoms with E-state index in [2.05, 4.69) is 32.3 Å². The fourth-order valence-corrected chi connectivity index (χ4v) is 2.86. The molecule has 0 fully saturated rings. The average molecular weight is 314 g/mol. The summed E-state index contributed by atoms with van der Waals surface area (Å²) in [6.07, 6.45) is 0. The van der Waals surface area contributed by atoms with Crippen LogP contribution in [0, 0.1) is 5.82 Å². The van der Waals surface area contributed by atoms with Gasteiger partial charge in [0.2, 0.25) is 0 Å². The van der Waals surface area contributed by atoms with Crippen LogP contribution in [0.2, 0.25) is 0 Å². The molecule has 2 aromatic rings. The molecule has 2 rings (SSSR count). The van der Waals surface area contributed by atoms with Gasteiger partial charge in [0.05, 0.1) is 4.47 Å². The lowest BCUT2D eigenvalue weighted by atomic mass is 10.2. The first-order chi connectivity index (χ1) is 8.16. The highest BCUT2D eigenvalue weighted by Gasteiger charge is 2.08. The van der Waals surface area contributed by atoms with Crippen LogP contribution < -0.4 is 0 Å². The molecule has 0 saturated heterocycles. The molecule has 0 spiro atoms. The third-order valence-corrected chi connectivity index (χ3v) is 4.23. The number of nitrogens with zero attached hydrogens (tertiary/aromatic N) is 1. The summed E-state index contributed by atoms with van der Waals surface area (Å²) in [5.74, 6) is -0.202. The average Bonchev–Trinajstić information content (AvgIpc) is 2.77. The van der Waals surface area contributed by atoms with Crippen LogP contribution >= 0.6 is 27.3 Å². The van der Waals surface area contributed by atoms with Gasteiger partial charge in [0, 0.05) is 18.0 Å². The van der Waals surface area contributed by atoms with Crippen molar-refractivity contribution in [2.75, 3.05) is 7.05 Å². The topological polar surface area (TPSA) is 3.24 Å². The minimum atomic E-state index is -0.202. The summed E-state index contributed by atoms with van der Waals surface area (Å²) in [6.45, 7) is 1.62. The number of hydrogen-bond donors (Lipinski definition) is 0. The second kappa shape index (κ2) is 5.76. The predicted molar refractivity (Wildman–Crippen MR) is 73.6 cm³/mol. The number of halogens is 2. The Morgan fingerprint density at radius 3 is 2.76 bits per heavy atom. The van der Waals surface area contributed by atoms with Crippen molar-refractivity contribution in [3.8, 4) is 0 Å². The van der Waals surface area contributed by atoms with Crippen molar-refractivity contribution in [3.63, 3.8) is 0 Å². The Labute approximate surface area is 113 Å². The van der Waals surface area contributed by atoms with Gasteiger partial charge < -0.3 is 0 Å². The molecule has 1 heterocycles. The SMILES string of the molecule is CN(Cc1cccs1)Cc1cccc(F)c1Br. The second-order valence-corrected chi connectivity index (χ2v) is 5.79. The molecule has 0 saturated carbocycles. The first-order valence-electron chi connectivity index (χ1n) is 5.30. The number of hydrogen-bond acceptors (Lipinski definition) is 2. The van der Waals surface area contributed by atoms with Gasteiger partial charge in [-0.1, -0.05) is 18.2 Å². The molecule has 90 valence electrons. The maximum atomic E-state index is 13.3. The third kappa shape index (κ3) is 3.37. The fraction of sp³-hybridized carbons (Fsp3) is 0.231. The highest BCUT2D eigenvalue weighted by atomic mass is 79.9. The van der Waals surface area contributed by atoms with Crippen LogP contribution in [-0.2, 0) is 13.1 Å². The molecule has 1 aromatic heterocycles. The van der Waals surface area contributed by atoms with Crippen molar-refractivity contribution in [1.82, 2.24) is 4.90 Å². The lowest BCUT2D eigenvalue weighted by molar-refractivity contribution is 0.320. The van der Waals surface area contributed by atoms with Crippen LogP contribution in [0.4, 0.5) is 4.39 Å². The summed E-state index contributed by atoms with van der Waals surface area (Å²) in [7, 11) is 2.04. The van der Waals surface area contributed by atoms with Crippen molar-refractivity contribution in [3.05, 3.63) is 56.4 Å². The lowest BCUT2D eigenvalue weighted by Gasteiger charge is -2.16. The number of rotatable bonds is 4. The highest BCUT2D eigenvalue weighted by molar-refractivity contribution is 9.10. The minimum absolute atomic E-state index is 0.202. The van der Waals surface area contributed by atoms with Gasteiger partial charge in [-0.2, -0.15) is 0 Å². The molecule has 4 heteroatoms. The van der Waals surface area contributed by atoms with Gasteiger partial charge in [0.15, 0.2) is 0 Å². The predicted octanol–water partition coefficient (Wildman–Crippen LogP) is 4.28.